The normalized spacial score (nSPS) is 20.4. The molecule has 0 N–H and O–H groups in total. The summed E-state index contributed by atoms with van der Waals surface area (Å²) in [4.78, 5) is 0. The molecule has 2 aliphatic carbocycles. The highest BCUT2D eigenvalue weighted by Gasteiger charge is 2.33. The van der Waals surface area contributed by atoms with Gasteiger partial charge in [0.15, 0.2) is 0 Å². The van der Waals surface area contributed by atoms with Crippen LogP contribution in [0.2, 0.25) is 13.1 Å². The molecule has 1 heteroatoms. The Morgan fingerprint density at radius 2 is 1.76 bits per heavy atom. The first kappa shape index (κ1) is 12.6. The van der Waals surface area contributed by atoms with E-state index in [1.54, 1.807) is 10.4 Å². The van der Waals surface area contributed by atoms with Crippen LogP contribution in [-0.4, -0.2) is 8.07 Å². The summed E-state index contributed by atoms with van der Waals surface area (Å²) in [6.45, 7) is 11.9. The Labute approximate surface area is 107 Å². The van der Waals surface area contributed by atoms with Gasteiger partial charge in [-0.15, -0.1) is 0 Å². The van der Waals surface area contributed by atoms with E-state index in [1.165, 1.54) is 18.4 Å². The summed E-state index contributed by atoms with van der Waals surface area (Å²) in [5.41, 5.74) is 1.83. The quantitative estimate of drug-likeness (QED) is 0.602. The van der Waals surface area contributed by atoms with Gasteiger partial charge in [0.25, 0.3) is 0 Å². The molecule has 92 valence electrons. The van der Waals surface area contributed by atoms with E-state index in [2.05, 4.69) is 64.2 Å². The lowest BCUT2D eigenvalue weighted by atomic mass is 9.87. The fourth-order valence-corrected chi connectivity index (χ4v) is 5.28. The minimum atomic E-state index is -1.35. The molecule has 0 heterocycles. The van der Waals surface area contributed by atoms with Crippen LogP contribution in [0.1, 0.15) is 33.6 Å². The second-order valence-electron chi connectivity index (χ2n) is 6.73. The van der Waals surface area contributed by atoms with Crippen LogP contribution >= 0.6 is 0 Å². The van der Waals surface area contributed by atoms with Crippen molar-refractivity contribution in [3.8, 4) is 0 Å². The van der Waals surface area contributed by atoms with Crippen molar-refractivity contribution >= 4 is 8.07 Å². The Morgan fingerprint density at radius 3 is 2.24 bits per heavy atom. The third-order valence-electron chi connectivity index (χ3n) is 4.11. The standard InChI is InChI=1S/C16H24Si/c1-16(2,3)13-10-11-15(12-13)17(4,5)14-8-6-7-9-14/h6-8,10,12H,9,11H2,1-5H3. The van der Waals surface area contributed by atoms with Crippen molar-refractivity contribution in [2.45, 2.75) is 46.7 Å². The minimum absolute atomic E-state index is 0.300. The number of allylic oxidation sites excluding steroid dienone is 8. The van der Waals surface area contributed by atoms with Crippen molar-refractivity contribution in [1.29, 1.82) is 0 Å². The first-order valence-corrected chi connectivity index (χ1v) is 9.59. The molecule has 0 aromatic carbocycles. The molecule has 0 aliphatic heterocycles. The van der Waals surface area contributed by atoms with E-state index in [0.29, 0.717) is 5.41 Å². The summed E-state index contributed by atoms with van der Waals surface area (Å²) in [6.07, 6.45) is 14.2. The van der Waals surface area contributed by atoms with Gasteiger partial charge in [-0.2, -0.15) is 0 Å². The molecule has 0 unspecified atom stereocenters. The molecule has 0 radical (unpaired) electrons. The van der Waals surface area contributed by atoms with Crippen LogP contribution in [0.5, 0.6) is 0 Å². The van der Waals surface area contributed by atoms with Gasteiger partial charge >= 0.3 is 0 Å². The van der Waals surface area contributed by atoms with E-state index < -0.39 is 8.07 Å². The second kappa shape index (κ2) is 4.13. The van der Waals surface area contributed by atoms with Gasteiger partial charge in [0.1, 0.15) is 8.07 Å². The van der Waals surface area contributed by atoms with Gasteiger partial charge < -0.3 is 0 Å². The SMILES string of the molecule is CC(C)(C)C1=CCC([Si](C)(C)C2=CC=CC2)=C1. The molecule has 0 saturated carbocycles. The van der Waals surface area contributed by atoms with Gasteiger partial charge in [-0.05, 0) is 23.8 Å². The molecular formula is C16H24Si. The Bertz CT molecular complexity index is 437. The lowest BCUT2D eigenvalue weighted by Crippen LogP contribution is -2.31. The van der Waals surface area contributed by atoms with Crippen LogP contribution in [0.15, 0.2) is 46.3 Å². The maximum atomic E-state index is 2.50. The minimum Gasteiger partial charge on any atom is -0.0809 e. The summed E-state index contributed by atoms with van der Waals surface area (Å²) < 4.78 is 0. The molecule has 0 atom stereocenters. The first-order valence-electron chi connectivity index (χ1n) is 6.59. The van der Waals surface area contributed by atoms with Gasteiger partial charge in [0.05, 0.1) is 0 Å². The maximum Gasteiger partial charge on any atom is 0.103 e. The first-order chi connectivity index (χ1) is 7.82. The van der Waals surface area contributed by atoms with E-state index in [1.807, 2.05) is 0 Å². The summed E-state index contributed by atoms with van der Waals surface area (Å²) in [7, 11) is -1.35. The summed E-state index contributed by atoms with van der Waals surface area (Å²) in [5, 5.41) is 3.39. The zero-order valence-electron chi connectivity index (χ0n) is 11.8. The molecule has 0 bridgehead atoms. The van der Waals surface area contributed by atoms with Crippen LogP contribution in [0.4, 0.5) is 0 Å². The molecule has 0 amide bonds. The zero-order valence-corrected chi connectivity index (χ0v) is 12.8. The molecule has 0 fully saturated rings. The molecule has 17 heavy (non-hydrogen) atoms. The van der Waals surface area contributed by atoms with Gasteiger partial charge in [-0.1, -0.05) is 74.6 Å². The molecular weight excluding hydrogens is 220 g/mol. The molecule has 0 aromatic heterocycles. The fraction of sp³-hybridized carbons (Fsp3) is 0.500. The molecule has 2 aliphatic rings. The molecule has 0 saturated heterocycles. The van der Waals surface area contributed by atoms with Crippen molar-refractivity contribution in [2.24, 2.45) is 5.41 Å². The predicted molar refractivity (Wildman–Crippen MR) is 79.6 cm³/mol. The lowest BCUT2D eigenvalue weighted by molar-refractivity contribution is 0.518. The lowest BCUT2D eigenvalue weighted by Gasteiger charge is -2.26. The highest BCUT2D eigenvalue weighted by molar-refractivity contribution is 6.90. The van der Waals surface area contributed by atoms with Gasteiger partial charge in [0, 0.05) is 0 Å². The number of hydrogen-bond donors (Lipinski definition) is 0. The second-order valence-corrected chi connectivity index (χ2v) is 11.3. The summed E-state index contributed by atoms with van der Waals surface area (Å²) in [6, 6.07) is 0. The van der Waals surface area contributed by atoms with Crippen molar-refractivity contribution in [3.63, 3.8) is 0 Å². The zero-order chi connectivity index (χ0) is 12.7. The molecule has 2 rings (SSSR count). The number of hydrogen-bond acceptors (Lipinski definition) is 0. The van der Waals surface area contributed by atoms with E-state index in [0.717, 1.165) is 0 Å². The van der Waals surface area contributed by atoms with E-state index in [9.17, 15) is 0 Å². The maximum absolute atomic E-state index is 2.50. The van der Waals surface area contributed by atoms with Crippen molar-refractivity contribution < 1.29 is 0 Å². The molecule has 0 aromatic rings. The van der Waals surface area contributed by atoms with E-state index >= 15 is 0 Å². The van der Waals surface area contributed by atoms with Crippen LogP contribution in [0.25, 0.3) is 0 Å². The Morgan fingerprint density at radius 1 is 1.06 bits per heavy atom. The van der Waals surface area contributed by atoms with Crippen LogP contribution in [0.3, 0.4) is 0 Å². The monoisotopic (exact) mass is 244 g/mol. The van der Waals surface area contributed by atoms with E-state index in [-0.39, 0.29) is 0 Å². The van der Waals surface area contributed by atoms with Gasteiger partial charge in [-0.3, -0.25) is 0 Å². The third kappa shape index (κ3) is 2.39. The Hall–Kier alpha value is -0.823. The number of rotatable bonds is 2. The van der Waals surface area contributed by atoms with Gasteiger partial charge in [-0.25, -0.2) is 0 Å². The van der Waals surface area contributed by atoms with E-state index in [4.69, 9.17) is 0 Å². The Kier molecular flexibility index (Phi) is 3.07. The Balaban J connectivity index is 2.21. The van der Waals surface area contributed by atoms with Crippen LogP contribution in [-0.2, 0) is 0 Å². The van der Waals surface area contributed by atoms with Crippen molar-refractivity contribution in [1.82, 2.24) is 0 Å². The highest BCUT2D eigenvalue weighted by Crippen LogP contribution is 2.39. The topological polar surface area (TPSA) is 0 Å². The third-order valence-corrected chi connectivity index (χ3v) is 8.04. The average molecular weight is 244 g/mol. The van der Waals surface area contributed by atoms with Crippen LogP contribution < -0.4 is 0 Å². The van der Waals surface area contributed by atoms with Crippen molar-refractivity contribution in [2.75, 3.05) is 0 Å². The van der Waals surface area contributed by atoms with Gasteiger partial charge in [0.2, 0.25) is 0 Å². The highest BCUT2D eigenvalue weighted by atomic mass is 28.3. The summed E-state index contributed by atoms with van der Waals surface area (Å²) >= 11 is 0. The molecule has 0 spiro atoms. The van der Waals surface area contributed by atoms with Crippen molar-refractivity contribution in [3.05, 3.63) is 46.3 Å². The summed E-state index contributed by atoms with van der Waals surface area (Å²) in [5.74, 6) is 0. The largest absolute Gasteiger partial charge is 0.103 e. The average Bonchev–Trinajstić information content (AvgIpc) is 2.89. The molecule has 0 nitrogen and oxygen atoms in total. The predicted octanol–water partition coefficient (Wildman–Crippen LogP) is 4.96. The fourth-order valence-electron chi connectivity index (χ4n) is 2.60. The van der Waals surface area contributed by atoms with Crippen LogP contribution in [0, 0.1) is 5.41 Å². The smallest absolute Gasteiger partial charge is 0.0809 e.